The minimum atomic E-state index is -0.302. The third-order valence-corrected chi connectivity index (χ3v) is 8.67. The number of hydrogen-bond acceptors (Lipinski definition) is 8. The third-order valence-electron chi connectivity index (χ3n) is 7.57. The van der Waals surface area contributed by atoms with Crippen LogP contribution in [0.2, 0.25) is 0 Å². The molecule has 1 atom stereocenters. The zero-order valence-electron chi connectivity index (χ0n) is 26.8. The number of allylic oxidation sites excluding steroid dienone is 1. The maximum atomic E-state index is 13.5. The lowest BCUT2D eigenvalue weighted by molar-refractivity contribution is -0.127. The smallest absolute Gasteiger partial charge is 0.268 e. The number of nitrogens with one attached hydrogen (secondary N) is 2. The molecule has 1 saturated heterocycles. The predicted molar refractivity (Wildman–Crippen MR) is 177 cm³/mol. The fourth-order valence-corrected chi connectivity index (χ4v) is 6.38. The molecule has 1 fully saturated rings. The molecule has 4 heterocycles. The second-order valence-corrected chi connectivity index (χ2v) is 14.2. The first-order valence-electron chi connectivity index (χ1n) is 15.4. The van der Waals surface area contributed by atoms with E-state index in [0.717, 1.165) is 40.9 Å². The molecule has 1 aliphatic heterocycles. The number of rotatable bonds is 10. The maximum Gasteiger partial charge on any atom is 0.268 e. The van der Waals surface area contributed by atoms with E-state index in [0.29, 0.717) is 48.0 Å². The van der Waals surface area contributed by atoms with Crippen LogP contribution in [0.4, 0.5) is 5.95 Å². The summed E-state index contributed by atoms with van der Waals surface area (Å²) in [6.07, 6.45) is 5.02. The molecule has 0 bridgehead atoms. The molecule has 1 unspecified atom stereocenters. The van der Waals surface area contributed by atoms with Gasteiger partial charge in [0.1, 0.15) is 11.6 Å². The van der Waals surface area contributed by atoms with Crippen LogP contribution in [0.3, 0.4) is 0 Å². The number of carbonyl (C=O) groups is 2. The number of fused-ring (bicyclic) bond motifs is 1. The highest BCUT2D eigenvalue weighted by Crippen LogP contribution is 2.31. The van der Waals surface area contributed by atoms with Gasteiger partial charge in [-0.2, -0.15) is 5.26 Å². The number of hydrogen-bond donors (Lipinski definition) is 2. The molecule has 1 aliphatic rings. The number of carbonyl (C=O) groups excluding carboxylic acids is 2. The normalized spacial score (nSPS) is 15.6. The van der Waals surface area contributed by atoms with Crippen LogP contribution in [-0.2, 0) is 17.9 Å². The Kier molecular flexibility index (Phi) is 9.56. The molecule has 4 aromatic rings. The van der Waals surface area contributed by atoms with Crippen LogP contribution < -0.4 is 10.6 Å². The summed E-state index contributed by atoms with van der Waals surface area (Å²) in [5.74, 6) is 1.60. The van der Waals surface area contributed by atoms with E-state index in [2.05, 4.69) is 41.6 Å². The molecule has 0 radical (unpaired) electrons. The van der Waals surface area contributed by atoms with E-state index in [-0.39, 0.29) is 28.8 Å². The Hall–Kier alpha value is -4.27. The fourth-order valence-electron chi connectivity index (χ4n) is 5.53. The van der Waals surface area contributed by atoms with E-state index in [1.165, 1.54) is 11.3 Å². The number of aromatic nitrogens is 3. The van der Waals surface area contributed by atoms with Crippen LogP contribution in [-0.4, -0.2) is 50.4 Å². The standard InChI is InChI=1S/C34H41N7O3S/c1-21(2)17-36-18-23-9-10-27-26(14-23)38-33(39-31(42)30-12-11-29(45-30)28-19-37-22(3)44-28)41(27)20-25-8-7-13-40(25)32(43)24(16-35)15-34(4,5)6/h9-12,14-15,19,21,25,36H,7-8,13,17-18,20H2,1-6H3,(H,38,39,42). The van der Waals surface area contributed by atoms with Gasteiger partial charge in [-0.25, -0.2) is 9.97 Å². The Bertz CT molecular complexity index is 1770. The first kappa shape index (κ1) is 32.1. The number of nitriles is 1. The molecule has 236 valence electrons. The van der Waals surface area contributed by atoms with Gasteiger partial charge >= 0.3 is 0 Å². The Morgan fingerprint density at radius 2 is 2.04 bits per heavy atom. The van der Waals surface area contributed by atoms with Crippen molar-refractivity contribution in [1.82, 2.24) is 24.8 Å². The summed E-state index contributed by atoms with van der Waals surface area (Å²) in [5, 5.41) is 16.3. The highest BCUT2D eigenvalue weighted by atomic mass is 32.1. The largest absolute Gasteiger partial charge is 0.440 e. The molecular weight excluding hydrogens is 586 g/mol. The van der Waals surface area contributed by atoms with Crippen molar-refractivity contribution >= 4 is 40.1 Å². The Morgan fingerprint density at radius 3 is 2.73 bits per heavy atom. The second kappa shape index (κ2) is 13.4. The van der Waals surface area contributed by atoms with E-state index in [1.807, 2.05) is 43.5 Å². The number of nitrogens with zero attached hydrogens (tertiary/aromatic N) is 5. The van der Waals surface area contributed by atoms with Crippen molar-refractivity contribution in [3.05, 3.63) is 64.5 Å². The molecule has 0 spiro atoms. The Balaban J connectivity index is 1.45. The molecule has 10 nitrogen and oxygen atoms in total. The number of oxazole rings is 1. The molecular formula is C34H41N7O3S. The van der Waals surface area contributed by atoms with Crippen molar-refractivity contribution in [1.29, 1.82) is 5.26 Å². The van der Waals surface area contributed by atoms with Crippen molar-refractivity contribution < 1.29 is 14.0 Å². The average Bonchev–Trinajstić information content (AvgIpc) is 3.78. The minimum absolute atomic E-state index is 0.155. The van der Waals surface area contributed by atoms with Gasteiger partial charge in [0.05, 0.1) is 33.0 Å². The number of imidazole rings is 1. The number of benzene rings is 1. The summed E-state index contributed by atoms with van der Waals surface area (Å²) in [5.41, 5.74) is 2.59. The van der Waals surface area contributed by atoms with Gasteiger partial charge in [-0.1, -0.05) is 46.8 Å². The highest BCUT2D eigenvalue weighted by molar-refractivity contribution is 7.17. The Morgan fingerprint density at radius 1 is 1.24 bits per heavy atom. The van der Waals surface area contributed by atoms with Crippen molar-refractivity contribution in [2.75, 3.05) is 18.4 Å². The van der Waals surface area contributed by atoms with Crippen molar-refractivity contribution in [2.24, 2.45) is 11.3 Å². The number of likely N-dealkylation sites (tertiary alicyclic amines) is 1. The second-order valence-electron chi connectivity index (χ2n) is 13.1. The van der Waals surface area contributed by atoms with Gasteiger partial charge in [0.15, 0.2) is 11.7 Å². The summed E-state index contributed by atoms with van der Waals surface area (Å²) in [6.45, 7) is 14.7. The summed E-state index contributed by atoms with van der Waals surface area (Å²) < 4.78 is 7.63. The molecule has 0 saturated carbocycles. The van der Waals surface area contributed by atoms with Gasteiger partial charge in [-0.15, -0.1) is 11.3 Å². The summed E-state index contributed by atoms with van der Waals surface area (Å²) in [7, 11) is 0. The quantitative estimate of drug-likeness (QED) is 0.151. The number of amides is 2. The van der Waals surface area contributed by atoms with Gasteiger partial charge in [-0.05, 0) is 60.5 Å². The van der Waals surface area contributed by atoms with Crippen LogP contribution in [0.15, 0.2) is 52.6 Å². The van der Waals surface area contributed by atoms with E-state index in [4.69, 9.17) is 9.40 Å². The first-order chi connectivity index (χ1) is 21.4. The minimum Gasteiger partial charge on any atom is -0.440 e. The molecule has 45 heavy (non-hydrogen) atoms. The number of aryl methyl sites for hydroxylation is 1. The lowest BCUT2D eigenvalue weighted by Gasteiger charge is -2.26. The molecule has 0 aliphatic carbocycles. The van der Waals surface area contributed by atoms with E-state index in [9.17, 15) is 14.9 Å². The van der Waals surface area contributed by atoms with Crippen LogP contribution in [0, 0.1) is 29.6 Å². The van der Waals surface area contributed by atoms with Crippen LogP contribution in [0.1, 0.15) is 68.6 Å². The van der Waals surface area contributed by atoms with Crippen LogP contribution in [0.5, 0.6) is 0 Å². The molecule has 1 aromatic carbocycles. The summed E-state index contributed by atoms with van der Waals surface area (Å²) in [6, 6.07) is 11.7. The number of thiophene rings is 1. The third kappa shape index (κ3) is 7.70. The van der Waals surface area contributed by atoms with Gasteiger partial charge in [0.2, 0.25) is 5.95 Å². The monoisotopic (exact) mass is 627 g/mol. The van der Waals surface area contributed by atoms with Crippen LogP contribution in [0.25, 0.3) is 21.7 Å². The van der Waals surface area contributed by atoms with Crippen molar-refractivity contribution in [2.45, 2.75) is 73.5 Å². The fraction of sp³-hybridized carbons (Fsp3) is 0.441. The van der Waals surface area contributed by atoms with Crippen molar-refractivity contribution in [3.8, 4) is 16.7 Å². The van der Waals surface area contributed by atoms with E-state index >= 15 is 0 Å². The average molecular weight is 628 g/mol. The molecule has 11 heteroatoms. The van der Waals surface area contributed by atoms with Gasteiger partial charge in [0, 0.05) is 26.6 Å². The zero-order chi connectivity index (χ0) is 32.3. The molecule has 2 amide bonds. The lowest BCUT2D eigenvalue weighted by atomic mass is 9.93. The summed E-state index contributed by atoms with van der Waals surface area (Å²) >= 11 is 1.32. The van der Waals surface area contributed by atoms with Gasteiger partial charge in [-0.3, -0.25) is 14.9 Å². The molecule has 2 N–H and O–H groups in total. The lowest BCUT2D eigenvalue weighted by Crippen LogP contribution is -2.39. The van der Waals surface area contributed by atoms with Gasteiger partial charge in [0.25, 0.3) is 11.8 Å². The highest BCUT2D eigenvalue weighted by Gasteiger charge is 2.32. The number of anilines is 1. The summed E-state index contributed by atoms with van der Waals surface area (Å²) in [4.78, 5) is 39.2. The van der Waals surface area contributed by atoms with Gasteiger partial charge < -0.3 is 19.2 Å². The topological polar surface area (TPSA) is 129 Å². The Labute approximate surface area is 268 Å². The maximum absolute atomic E-state index is 13.5. The SMILES string of the molecule is Cc1ncc(-c2ccc(C(=O)Nc3nc4cc(CNCC(C)C)ccc4n3CC3CCCN3C(=O)C(C#N)=CC(C)(C)C)s2)o1. The van der Waals surface area contributed by atoms with Crippen molar-refractivity contribution in [3.63, 3.8) is 0 Å². The predicted octanol–water partition coefficient (Wildman–Crippen LogP) is 6.55. The molecule has 3 aromatic heterocycles. The first-order valence-corrected chi connectivity index (χ1v) is 16.2. The zero-order valence-corrected chi connectivity index (χ0v) is 27.6. The van der Waals surface area contributed by atoms with E-state index in [1.54, 1.807) is 30.2 Å². The van der Waals surface area contributed by atoms with E-state index < -0.39 is 0 Å². The van der Waals surface area contributed by atoms with Crippen LogP contribution >= 0.6 is 11.3 Å². The molecule has 5 rings (SSSR count).